The van der Waals surface area contributed by atoms with Gasteiger partial charge in [-0.3, -0.25) is 9.59 Å². The first kappa shape index (κ1) is 15.8. The molecule has 0 spiro atoms. The molecule has 2 amide bonds. The molecule has 0 heterocycles. The fourth-order valence-electron chi connectivity index (χ4n) is 2.58. The summed E-state index contributed by atoms with van der Waals surface area (Å²) in [7, 11) is 1.58. The van der Waals surface area contributed by atoms with Crippen molar-refractivity contribution in [2.24, 2.45) is 0 Å². The van der Waals surface area contributed by atoms with Crippen LogP contribution in [0.3, 0.4) is 0 Å². The summed E-state index contributed by atoms with van der Waals surface area (Å²) in [6.07, 6.45) is 6.46. The zero-order valence-electron chi connectivity index (χ0n) is 12.6. The van der Waals surface area contributed by atoms with Crippen molar-refractivity contribution in [3.05, 3.63) is 41.5 Å². The first-order valence-electron chi connectivity index (χ1n) is 7.32. The van der Waals surface area contributed by atoms with E-state index in [0.717, 1.165) is 18.4 Å². The average molecular weight is 297 g/mol. The van der Waals surface area contributed by atoms with E-state index in [1.54, 1.807) is 37.4 Å². The number of hydrogen-bond donors (Lipinski definition) is 2. The maximum atomic E-state index is 11.9. The lowest BCUT2D eigenvalue weighted by atomic mass is 10.00. The fourth-order valence-corrected chi connectivity index (χ4v) is 2.58. The molecule has 5 heteroatoms. The second-order valence-electron chi connectivity index (χ2n) is 5.42. The molecule has 114 valence electrons. The van der Waals surface area contributed by atoms with E-state index in [-0.39, 0.29) is 11.8 Å². The van der Waals surface area contributed by atoms with E-state index in [1.807, 2.05) is 0 Å². The molecule has 0 radical (unpaired) electrons. The highest BCUT2D eigenvalue weighted by Crippen LogP contribution is 2.28. The lowest BCUT2D eigenvalue weighted by Crippen LogP contribution is -2.44. The summed E-state index contributed by atoms with van der Waals surface area (Å²) in [4.78, 5) is 23.4. The van der Waals surface area contributed by atoms with Gasteiger partial charge in [0, 0.05) is 18.7 Å². The van der Waals surface area contributed by atoms with Crippen molar-refractivity contribution in [3.63, 3.8) is 0 Å². The third-order valence-corrected chi connectivity index (χ3v) is 3.86. The Balaban J connectivity index is 1.98. The minimum atomic E-state index is -0.704. The van der Waals surface area contributed by atoms with Crippen molar-refractivity contribution in [1.29, 1.82) is 5.26 Å². The van der Waals surface area contributed by atoms with E-state index in [1.165, 1.54) is 6.08 Å². The first-order chi connectivity index (χ1) is 10.6. The van der Waals surface area contributed by atoms with Gasteiger partial charge >= 0.3 is 0 Å². The molecule has 0 bridgehead atoms. The Bertz CT molecular complexity index is 620. The molecule has 1 aliphatic carbocycles. The molecule has 1 fully saturated rings. The number of nitrogens with one attached hydrogen (secondary N) is 2. The number of amides is 2. The van der Waals surface area contributed by atoms with E-state index in [9.17, 15) is 14.9 Å². The molecule has 0 aliphatic heterocycles. The van der Waals surface area contributed by atoms with Crippen molar-refractivity contribution < 1.29 is 9.59 Å². The Hall–Kier alpha value is -2.61. The molecule has 1 saturated carbocycles. The van der Waals surface area contributed by atoms with Crippen molar-refractivity contribution in [1.82, 2.24) is 10.6 Å². The zero-order valence-corrected chi connectivity index (χ0v) is 12.6. The SMILES string of the molecule is CNC(=O)c1ccc(/C=C\C(=O)NC2(C#N)CCCC2)cc1. The summed E-state index contributed by atoms with van der Waals surface area (Å²) in [6.45, 7) is 0. The lowest BCUT2D eigenvalue weighted by molar-refractivity contribution is -0.117. The number of nitrogens with zero attached hydrogens (tertiary/aromatic N) is 1. The quantitative estimate of drug-likeness (QED) is 0.834. The zero-order chi connectivity index (χ0) is 16.0. The Labute approximate surface area is 130 Å². The highest BCUT2D eigenvalue weighted by molar-refractivity contribution is 5.95. The molecule has 0 unspecified atom stereocenters. The molecule has 5 nitrogen and oxygen atoms in total. The van der Waals surface area contributed by atoms with E-state index < -0.39 is 5.54 Å². The summed E-state index contributed by atoms with van der Waals surface area (Å²) in [5.41, 5.74) is 0.684. The molecule has 0 aromatic heterocycles. The summed E-state index contributed by atoms with van der Waals surface area (Å²) >= 11 is 0. The van der Waals surface area contributed by atoms with Crippen LogP contribution in [-0.2, 0) is 4.79 Å². The predicted molar refractivity (Wildman–Crippen MR) is 83.8 cm³/mol. The van der Waals surface area contributed by atoms with E-state index in [0.29, 0.717) is 18.4 Å². The molecule has 1 aliphatic rings. The summed E-state index contributed by atoms with van der Waals surface area (Å²) in [5.74, 6) is -0.413. The normalized spacial score (nSPS) is 16.2. The molecular formula is C17H19N3O2. The number of carbonyl (C=O) groups excluding carboxylic acids is 2. The van der Waals surface area contributed by atoms with Crippen LogP contribution >= 0.6 is 0 Å². The monoisotopic (exact) mass is 297 g/mol. The van der Waals surface area contributed by atoms with Crippen LogP contribution in [0, 0.1) is 11.3 Å². The topological polar surface area (TPSA) is 82.0 Å². The minimum Gasteiger partial charge on any atom is -0.355 e. The number of rotatable bonds is 4. The standard InChI is InChI=1S/C17H19N3O2/c1-19-16(22)14-7-4-13(5-8-14)6-9-15(21)20-17(12-18)10-2-3-11-17/h4-9H,2-3,10-11H2,1H3,(H,19,22)(H,20,21)/b9-6-. The van der Waals surface area contributed by atoms with Gasteiger partial charge in [-0.2, -0.15) is 5.26 Å². The van der Waals surface area contributed by atoms with Gasteiger partial charge in [0.15, 0.2) is 0 Å². The van der Waals surface area contributed by atoms with Gasteiger partial charge in [0.1, 0.15) is 5.54 Å². The molecule has 2 N–H and O–H groups in total. The number of benzene rings is 1. The highest BCUT2D eigenvalue weighted by Gasteiger charge is 2.34. The van der Waals surface area contributed by atoms with Crippen LogP contribution in [0.15, 0.2) is 30.3 Å². The van der Waals surface area contributed by atoms with Gasteiger partial charge in [0.2, 0.25) is 5.91 Å². The second kappa shape index (κ2) is 6.90. The molecule has 0 atom stereocenters. The minimum absolute atomic E-state index is 0.148. The smallest absolute Gasteiger partial charge is 0.251 e. The van der Waals surface area contributed by atoms with Crippen LogP contribution in [0.2, 0.25) is 0 Å². The Morgan fingerprint density at radius 2 is 1.86 bits per heavy atom. The van der Waals surface area contributed by atoms with Crippen LogP contribution in [0.4, 0.5) is 0 Å². The van der Waals surface area contributed by atoms with Crippen LogP contribution in [-0.4, -0.2) is 24.4 Å². The van der Waals surface area contributed by atoms with Crippen molar-refractivity contribution >= 4 is 17.9 Å². The third kappa shape index (κ3) is 3.73. The molecule has 0 saturated heterocycles. The maximum Gasteiger partial charge on any atom is 0.251 e. The number of nitriles is 1. The molecule has 1 aromatic rings. The summed E-state index contributed by atoms with van der Waals surface area (Å²) < 4.78 is 0. The fraction of sp³-hybridized carbons (Fsp3) is 0.353. The van der Waals surface area contributed by atoms with Crippen molar-refractivity contribution in [2.75, 3.05) is 7.05 Å². The third-order valence-electron chi connectivity index (χ3n) is 3.86. The van der Waals surface area contributed by atoms with Gasteiger partial charge in [-0.25, -0.2) is 0 Å². The van der Waals surface area contributed by atoms with Gasteiger partial charge < -0.3 is 10.6 Å². The van der Waals surface area contributed by atoms with Gasteiger partial charge in [0.25, 0.3) is 5.91 Å². The molecule has 1 aromatic carbocycles. The van der Waals surface area contributed by atoms with Crippen LogP contribution in [0.25, 0.3) is 6.08 Å². The summed E-state index contributed by atoms with van der Waals surface area (Å²) in [6, 6.07) is 9.16. The largest absolute Gasteiger partial charge is 0.355 e. The molecule has 2 rings (SSSR count). The van der Waals surface area contributed by atoms with E-state index in [4.69, 9.17) is 0 Å². The van der Waals surface area contributed by atoms with E-state index in [2.05, 4.69) is 16.7 Å². The first-order valence-corrected chi connectivity index (χ1v) is 7.32. The molecular weight excluding hydrogens is 278 g/mol. The second-order valence-corrected chi connectivity index (χ2v) is 5.42. The van der Waals surface area contributed by atoms with Crippen LogP contribution in [0.5, 0.6) is 0 Å². The number of hydrogen-bond acceptors (Lipinski definition) is 3. The predicted octanol–water partition coefficient (Wildman–Crippen LogP) is 2.01. The van der Waals surface area contributed by atoms with Crippen LogP contribution < -0.4 is 10.6 Å². The van der Waals surface area contributed by atoms with Gasteiger partial charge in [-0.05, 0) is 49.5 Å². The average Bonchev–Trinajstić information content (AvgIpc) is 3.01. The Morgan fingerprint density at radius 1 is 1.23 bits per heavy atom. The van der Waals surface area contributed by atoms with Crippen molar-refractivity contribution in [2.45, 2.75) is 31.2 Å². The Kier molecular flexibility index (Phi) is 4.95. The van der Waals surface area contributed by atoms with Crippen molar-refractivity contribution in [3.8, 4) is 6.07 Å². The van der Waals surface area contributed by atoms with Crippen LogP contribution in [0.1, 0.15) is 41.6 Å². The number of carbonyl (C=O) groups is 2. The van der Waals surface area contributed by atoms with Gasteiger partial charge in [0.05, 0.1) is 6.07 Å². The van der Waals surface area contributed by atoms with Gasteiger partial charge in [-0.15, -0.1) is 0 Å². The Morgan fingerprint density at radius 3 is 2.41 bits per heavy atom. The highest BCUT2D eigenvalue weighted by atomic mass is 16.2. The maximum absolute atomic E-state index is 11.9. The van der Waals surface area contributed by atoms with E-state index >= 15 is 0 Å². The lowest BCUT2D eigenvalue weighted by Gasteiger charge is -2.20. The summed E-state index contributed by atoms with van der Waals surface area (Å²) in [5, 5.41) is 14.6. The van der Waals surface area contributed by atoms with Gasteiger partial charge in [-0.1, -0.05) is 12.1 Å². The molecule has 22 heavy (non-hydrogen) atoms.